The van der Waals surface area contributed by atoms with E-state index < -0.39 is 10.1 Å². The summed E-state index contributed by atoms with van der Waals surface area (Å²) in [6.45, 7) is 5.69. The summed E-state index contributed by atoms with van der Waals surface area (Å²) in [5.74, 6) is 0. The van der Waals surface area contributed by atoms with Crippen LogP contribution in [0.15, 0.2) is 59.5 Å². The highest BCUT2D eigenvalue weighted by atomic mass is 32.2. The minimum atomic E-state index is -4.11. The quantitative estimate of drug-likeness (QED) is 0.464. The van der Waals surface area contributed by atoms with Crippen LogP contribution in [0.1, 0.15) is 31.7 Å². The van der Waals surface area contributed by atoms with Crippen molar-refractivity contribution < 1.29 is 13.0 Å². The Morgan fingerprint density at radius 1 is 1.20 bits per heavy atom. The van der Waals surface area contributed by atoms with Crippen molar-refractivity contribution in [1.29, 1.82) is 0 Å². The average Bonchev–Trinajstić information content (AvgIpc) is 2.38. The fraction of sp³-hybridized carbons (Fsp3) is 0.250. The van der Waals surface area contributed by atoms with Crippen molar-refractivity contribution in [2.45, 2.75) is 31.1 Å². The van der Waals surface area contributed by atoms with E-state index in [0.717, 1.165) is 24.8 Å². The molecule has 0 aliphatic heterocycles. The van der Waals surface area contributed by atoms with Crippen LogP contribution < -0.4 is 0 Å². The molecule has 1 N–H and O–H groups in total. The standard InChI is InChI=1S/C16H20O3S/c1-3-4-5-6-7-8-14(2)13-15-9-11-16(12-10-15)20(17,18)19/h3,6-7,9-13H,1,4-5,8H2,2H3,(H,17,18,19)/b7-6+,14-13+. The second-order valence-corrected chi connectivity index (χ2v) is 6.00. The van der Waals surface area contributed by atoms with Gasteiger partial charge in [-0.05, 0) is 43.9 Å². The van der Waals surface area contributed by atoms with E-state index in [1.807, 2.05) is 19.1 Å². The van der Waals surface area contributed by atoms with Gasteiger partial charge in [-0.3, -0.25) is 4.55 Å². The minimum Gasteiger partial charge on any atom is -0.282 e. The number of allylic oxidation sites excluding steroid dienone is 4. The zero-order valence-corrected chi connectivity index (χ0v) is 12.4. The van der Waals surface area contributed by atoms with Crippen molar-refractivity contribution in [3.05, 3.63) is 60.2 Å². The predicted molar refractivity (Wildman–Crippen MR) is 83.1 cm³/mol. The Balaban J connectivity index is 2.64. The van der Waals surface area contributed by atoms with Gasteiger partial charge in [-0.2, -0.15) is 8.42 Å². The van der Waals surface area contributed by atoms with Gasteiger partial charge in [-0.1, -0.05) is 42.0 Å². The van der Waals surface area contributed by atoms with Gasteiger partial charge in [0.2, 0.25) is 0 Å². The molecular formula is C16H20O3S. The number of hydrogen-bond donors (Lipinski definition) is 1. The monoisotopic (exact) mass is 292 g/mol. The highest BCUT2D eigenvalue weighted by molar-refractivity contribution is 7.85. The third-order valence-electron chi connectivity index (χ3n) is 2.73. The molecule has 108 valence electrons. The molecule has 20 heavy (non-hydrogen) atoms. The zero-order valence-electron chi connectivity index (χ0n) is 11.6. The molecule has 4 heteroatoms. The number of benzene rings is 1. The molecule has 3 nitrogen and oxygen atoms in total. The molecule has 0 aliphatic rings. The number of hydrogen-bond acceptors (Lipinski definition) is 2. The number of unbranched alkanes of at least 4 members (excludes halogenated alkanes) is 1. The minimum absolute atomic E-state index is 0.0865. The smallest absolute Gasteiger partial charge is 0.282 e. The first-order chi connectivity index (χ1) is 9.43. The molecule has 0 saturated heterocycles. The molecule has 0 aliphatic carbocycles. The van der Waals surface area contributed by atoms with E-state index in [2.05, 4.69) is 18.7 Å². The van der Waals surface area contributed by atoms with Crippen molar-refractivity contribution in [2.75, 3.05) is 0 Å². The Bertz CT molecular complexity index is 593. The lowest BCUT2D eigenvalue weighted by molar-refractivity contribution is 0.483. The van der Waals surface area contributed by atoms with E-state index >= 15 is 0 Å². The van der Waals surface area contributed by atoms with Gasteiger partial charge in [0.15, 0.2) is 0 Å². The lowest BCUT2D eigenvalue weighted by atomic mass is 10.1. The Hall–Kier alpha value is -1.65. The normalized spacial score (nSPS) is 12.8. The van der Waals surface area contributed by atoms with Gasteiger partial charge in [0.25, 0.3) is 10.1 Å². The van der Waals surface area contributed by atoms with E-state index in [0.29, 0.717) is 0 Å². The Morgan fingerprint density at radius 2 is 1.85 bits per heavy atom. The molecular weight excluding hydrogens is 272 g/mol. The second-order valence-electron chi connectivity index (χ2n) is 4.58. The van der Waals surface area contributed by atoms with Crippen molar-refractivity contribution in [1.82, 2.24) is 0 Å². The lowest BCUT2D eigenvalue weighted by Crippen LogP contribution is -1.97. The first kappa shape index (κ1) is 16.4. The topological polar surface area (TPSA) is 54.4 Å². The van der Waals surface area contributed by atoms with Gasteiger partial charge in [0.05, 0.1) is 4.90 Å². The van der Waals surface area contributed by atoms with Crippen molar-refractivity contribution in [3.63, 3.8) is 0 Å². The molecule has 0 bridgehead atoms. The van der Waals surface area contributed by atoms with Crippen molar-refractivity contribution >= 4 is 16.2 Å². The first-order valence-corrected chi connectivity index (χ1v) is 7.88. The highest BCUT2D eigenvalue weighted by Gasteiger charge is 2.07. The summed E-state index contributed by atoms with van der Waals surface area (Å²) < 4.78 is 30.7. The van der Waals surface area contributed by atoms with E-state index in [1.54, 1.807) is 12.1 Å². The van der Waals surface area contributed by atoms with E-state index in [4.69, 9.17) is 4.55 Å². The largest absolute Gasteiger partial charge is 0.294 e. The van der Waals surface area contributed by atoms with E-state index in [9.17, 15) is 8.42 Å². The molecule has 0 amide bonds. The molecule has 0 heterocycles. The van der Waals surface area contributed by atoms with Crippen LogP contribution in [-0.4, -0.2) is 13.0 Å². The molecule has 0 radical (unpaired) electrons. The zero-order chi connectivity index (χ0) is 15.0. The molecule has 0 spiro atoms. The van der Waals surface area contributed by atoms with Crippen LogP contribution in [0.25, 0.3) is 6.08 Å². The third kappa shape index (κ3) is 5.99. The average molecular weight is 292 g/mol. The van der Waals surface area contributed by atoms with Crippen LogP contribution in [-0.2, 0) is 10.1 Å². The molecule has 0 fully saturated rings. The summed E-state index contributed by atoms with van der Waals surface area (Å²) in [5, 5.41) is 0. The summed E-state index contributed by atoms with van der Waals surface area (Å²) in [5.41, 5.74) is 2.09. The molecule has 0 aromatic heterocycles. The summed E-state index contributed by atoms with van der Waals surface area (Å²) in [7, 11) is -4.11. The van der Waals surface area contributed by atoms with Gasteiger partial charge < -0.3 is 0 Å². The lowest BCUT2D eigenvalue weighted by Gasteiger charge is -2.00. The molecule has 1 aromatic carbocycles. The van der Waals surface area contributed by atoms with Gasteiger partial charge >= 0.3 is 0 Å². The van der Waals surface area contributed by atoms with Crippen LogP contribution >= 0.6 is 0 Å². The van der Waals surface area contributed by atoms with Crippen LogP contribution in [0.2, 0.25) is 0 Å². The maximum atomic E-state index is 10.9. The van der Waals surface area contributed by atoms with Gasteiger partial charge in [-0.25, -0.2) is 0 Å². The molecule has 1 rings (SSSR count). The second kappa shape index (κ2) is 7.82. The highest BCUT2D eigenvalue weighted by Crippen LogP contribution is 2.14. The van der Waals surface area contributed by atoms with Crippen molar-refractivity contribution in [3.8, 4) is 0 Å². The Labute approximate surface area is 121 Å². The van der Waals surface area contributed by atoms with E-state index in [1.165, 1.54) is 17.7 Å². The summed E-state index contributed by atoms with van der Waals surface area (Å²) in [6, 6.07) is 6.14. The maximum absolute atomic E-state index is 10.9. The Kier molecular flexibility index (Phi) is 6.42. The van der Waals surface area contributed by atoms with Gasteiger partial charge in [0.1, 0.15) is 0 Å². The summed E-state index contributed by atoms with van der Waals surface area (Å²) >= 11 is 0. The van der Waals surface area contributed by atoms with Crippen LogP contribution in [0.4, 0.5) is 0 Å². The third-order valence-corrected chi connectivity index (χ3v) is 3.60. The summed E-state index contributed by atoms with van der Waals surface area (Å²) in [6.07, 6.45) is 11.0. The van der Waals surface area contributed by atoms with Crippen LogP contribution in [0.3, 0.4) is 0 Å². The first-order valence-electron chi connectivity index (χ1n) is 6.44. The summed E-state index contributed by atoms with van der Waals surface area (Å²) in [4.78, 5) is -0.0865. The van der Waals surface area contributed by atoms with E-state index in [-0.39, 0.29) is 4.90 Å². The Morgan fingerprint density at radius 3 is 2.40 bits per heavy atom. The van der Waals surface area contributed by atoms with Gasteiger partial charge in [0, 0.05) is 0 Å². The molecule has 0 unspecified atom stereocenters. The molecule has 0 saturated carbocycles. The fourth-order valence-electron chi connectivity index (χ4n) is 1.68. The van der Waals surface area contributed by atoms with Gasteiger partial charge in [-0.15, -0.1) is 6.58 Å². The van der Waals surface area contributed by atoms with Crippen LogP contribution in [0.5, 0.6) is 0 Å². The fourth-order valence-corrected chi connectivity index (χ4v) is 2.16. The number of rotatable bonds is 7. The maximum Gasteiger partial charge on any atom is 0.294 e. The predicted octanol–water partition coefficient (Wildman–Crippen LogP) is 4.25. The SMILES string of the molecule is C=CCC/C=C/C/C(C)=C/c1ccc(S(=O)(=O)O)cc1. The van der Waals surface area contributed by atoms with Crippen molar-refractivity contribution in [2.24, 2.45) is 0 Å². The molecule has 0 atom stereocenters. The van der Waals surface area contributed by atoms with Crippen LogP contribution in [0, 0.1) is 0 Å². The molecule has 1 aromatic rings.